The molecule has 43 heavy (non-hydrogen) atoms. The molecule has 0 radical (unpaired) electrons. The van der Waals surface area contributed by atoms with Crippen LogP contribution >= 0.6 is 106 Å². The van der Waals surface area contributed by atoms with Gasteiger partial charge in [-0.3, -0.25) is 28.8 Å². The Labute approximate surface area is 293 Å². The summed E-state index contributed by atoms with van der Waals surface area (Å²) in [7, 11) is 4.88. The lowest BCUT2D eigenvalue weighted by Gasteiger charge is -2.19. The minimum absolute atomic E-state index is 0.0348. The molecule has 21 heteroatoms. The Morgan fingerprint density at radius 1 is 0.512 bits per heavy atom. The van der Waals surface area contributed by atoms with E-state index in [1.165, 1.54) is 21.6 Å². The second kappa shape index (κ2) is 28.4. The van der Waals surface area contributed by atoms with Crippen LogP contribution in [-0.4, -0.2) is 132 Å². The van der Waals surface area contributed by atoms with E-state index in [0.29, 0.717) is 5.75 Å². The molecule has 0 spiro atoms. The van der Waals surface area contributed by atoms with Gasteiger partial charge in [-0.15, -0.1) is 0 Å². The third-order valence-electron chi connectivity index (χ3n) is 4.16. The van der Waals surface area contributed by atoms with Crippen LogP contribution < -0.4 is 0 Å². The molecule has 0 aromatic carbocycles. The van der Waals surface area contributed by atoms with E-state index in [0.717, 1.165) is 21.6 Å². The molecule has 0 amide bonds. The molecule has 3 atom stereocenters. The van der Waals surface area contributed by atoms with Gasteiger partial charge in [0.25, 0.3) is 0 Å². The molecule has 12 nitrogen and oxygen atoms in total. The molecule has 0 saturated heterocycles. The molecule has 248 valence electrons. The summed E-state index contributed by atoms with van der Waals surface area (Å²) in [5.74, 6) is -2.72. The van der Waals surface area contributed by atoms with Crippen LogP contribution in [0.3, 0.4) is 0 Å². The van der Waals surface area contributed by atoms with E-state index >= 15 is 0 Å². The number of hydrogen-bond acceptors (Lipinski definition) is 21. The summed E-state index contributed by atoms with van der Waals surface area (Å²) in [6.07, 6.45) is -2.02. The predicted octanol–water partition coefficient (Wildman–Crippen LogP) is 1.81. The zero-order chi connectivity index (χ0) is 32.5. The van der Waals surface area contributed by atoms with E-state index in [4.69, 9.17) is 28.4 Å². The Hall–Kier alpha value is 0.130. The summed E-state index contributed by atoms with van der Waals surface area (Å²) in [6, 6.07) is 0. The predicted molar refractivity (Wildman–Crippen MR) is 186 cm³/mol. The number of rotatable bonds is 26. The van der Waals surface area contributed by atoms with E-state index in [9.17, 15) is 28.8 Å². The number of thiol groups is 5. The summed E-state index contributed by atoms with van der Waals surface area (Å²) >= 11 is 19.4. The molecule has 0 aromatic rings. The third kappa shape index (κ3) is 25.0. The maximum Gasteiger partial charge on any atom is 0.316 e. The van der Waals surface area contributed by atoms with E-state index < -0.39 is 48.2 Å². The van der Waals surface area contributed by atoms with E-state index in [1.54, 1.807) is 0 Å². The number of ether oxygens (including phenoxy) is 6. The number of esters is 5. The normalized spacial score (nSPS) is 12.9. The molecule has 0 heterocycles. The lowest BCUT2D eigenvalue weighted by molar-refractivity contribution is -0.154. The van der Waals surface area contributed by atoms with Gasteiger partial charge < -0.3 is 28.4 Å². The van der Waals surface area contributed by atoms with Gasteiger partial charge in [-0.05, 0) is 0 Å². The van der Waals surface area contributed by atoms with Crippen LogP contribution in [0, 0.1) is 0 Å². The molecule has 0 aliphatic rings. The second-order valence-corrected chi connectivity index (χ2v) is 14.3. The van der Waals surface area contributed by atoms with Crippen molar-refractivity contribution in [2.24, 2.45) is 0 Å². The summed E-state index contributed by atoms with van der Waals surface area (Å²) in [5.41, 5.74) is 0. The Morgan fingerprint density at radius 2 is 0.953 bits per heavy atom. The van der Waals surface area contributed by atoms with Gasteiger partial charge in [-0.2, -0.15) is 63.1 Å². The highest BCUT2D eigenvalue weighted by atomic mass is 33.1. The molecule has 0 saturated carbocycles. The van der Waals surface area contributed by atoms with Crippen LogP contribution in [0.15, 0.2) is 0 Å². The molecular formula is C22H34O12S9. The smallest absolute Gasteiger partial charge is 0.316 e. The molecule has 0 fully saturated rings. The van der Waals surface area contributed by atoms with Crippen molar-refractivity contribution < 1.29 is 57.2 Å². The van der Waals surface area contributed by atoms with Gasteiger partial charge in [0.05, 0.1) is 28.8 Å². The SMILES string of the molecule is O=C(COC(COC(=O)CS)CSSCC(COC(=O)CS)OC(=O)CS)CSSCC(=O)OCC(CS)OC(=O)CS. The van der Waals surface area contributed by atoms with E-state index in [2.05, 4.69) is 63.1 Å². The molecule has 0 aliphatic heterocycles. The molecule has 0 aliphatic carbocycles. The van der Waals surface area contributed by atoms with Gasteiger partial charge in [-0.1, -0.05) is 43.2 Å². The zero-order valence-electron chi connectivity index (χ0n) is 22.7. The third-order valence-corrected chi connectivity index (χ3v) is 10.3. The largest absolute Gasteiger partial charge is 0.462 e. The highest BCUT2D eigenvalue weighted by Crippen LogP contribution is 2.25. The summed E-state index contributed by atoms with van der Waals surface area (Å²) < 4.78 is 31.0. The Morgan fingerprint density at radius 3 is 1.49 bits per heavy atom. The fourth-order valence-electron chi connectivity index (χ4n) is 2.22. The maximum absolute atomic E-state index is 12.3. The van der Waals surface area contributed by atoms with Crippen molar-refractivity contribution in [3.8, 4) is 0 Å². The van der Waals surface area contributed by atoms with Crippen molar-refractivity contribution in [2.45, 2.75) is 18.3 Å². The average Bonchev–Trinajstić information content (AvgIpc) is 3.01. The van der Waals surface area contributed by atoms with Crippen LogP contribution in [0.5, 0.6) is 0 Å². The highest BCUT2D eigenvalue weighted by Gasteiger charge is 2.20. The average molecular weight is 779 g/mol. The summed E-state index contributed by atoms with van der Waals surface area (Å²) in [6.45, 7) is -0.646. The Bertz CT molecular complexity index is 868. The van der Waals surface area contributed by atoms with Crippen molar-refractivity contribution in [3.63, 3.8) is 0 Å². The lowest BCUT2D eigenvalue weighted by Crippen LogP contribution is -2.29. The van der Waals surface area contributed by atoms with E-state index in [1.807, 2.05) is 0 Å². The molecule has 0 N–H and O–H groups in total. The highest BCUT2D eigenvalue weighted by molar-refractivity contribution is 8.77. The Balaban J connectivity index is 4.54. The van der Waals surface area contributed by atoms with Gasteiger partial charge >= 0.3 is 29.8 Å². The van der Waals surface area contributed by atoms with E-state index in [-0.39, 0.29) is 78.2 Å². The fraction of sp³-hybridized carbons (Fsp3) is 0.727. The number of Topliss-reactive ketones (excluding diaryl/α,β-unsaturated/α-hetero) is 1. The zero-order valence-corrected chi connectivity index (χ0v) is 30.4. The van der Waals surface area contributed by atoms with Crippen LogP contribution in [-0.2, 0) is 57.2 Å². The van der Waals surface area contributed by atoms with Crippen LogP contribution in [0.1, 0.15) is 0 Å². The van der Waals surface area contributed by atoms with Crippen LogP contribution in [0.2, 0.25) is 0 Å². The first-order chi connectivity index (χ1) is 20.6. The van der Waals surface area contributed by atoms with Crippen LogP contribution in [0.25, 0.3) is 0 Å². The first kappa shape index (κ1) is 43.1. The summed E-state index contributed by atoms with van der Waals surface area (Å²) in [4.78, 5) is 70.0. The number of ketones is 1. The number of carbonyl (C=O) groups is 6. The second-order valence-electron chi connectivity index (χ2n) is 7.65. The first-order valence-electron chi connectivity index (χ1n) is 12.1. The van der Waals surface area contributed by atoms with Crippen molar-refractivity contribution >= 4 is 142 Å². The van der Waals surface area contributed by atoms with Gasteiger partial charge in [0.1, 0.15) is 50.5 Å². The van der Waals surface area contributed by atoms with Crippen molar-refractivity contribution in [3.05, 3.63) is 0 Å². The summed E-state index contributed by atoms with van der Waals surface area (Å²) in [5, 5.41) is 0. The van der Waals surface area contributed by atoms with Gasteiger partial charge in [0, 0.05) is 17.3 Å². The minimum atomic E-state index is -0.712. The number of carbonyl (C=O) groups excluding carboxylic acids is 6. The Kier molecular flexibility index (Phi) is 28.4. The van der Waals surface area contributed by atoms with Crippen molar-refractivity contribution in [2.75, 3.05) is 78.2 Å². The molecule has 3 unspecified atom stereocenters. The minimum Gasteiger partial charge on any atom is -0.462 e. The molecule has 0 rings (SSSR count). The monoisotopic (exact) mass is 778 g/mol. The van der Waals surface area contributed by atoms with Gasteiger partial charge in [0.2, 0.25) is 0 Å². The topological polar surface area (TPSA) is 158 Å². The molecule has 0 aromatic heterocycles. The quantitative estimate of drug-likeness (QED) is 0.0285. The first-order valence-corrected chi connectivity index (χ1v) is 20.2. The van der Waals surface area contributed by atoms with Crippen molar-refractivity contribution in [1.29, 1.82) is 0 Å². The molecule has 0 bridgehead atoms. The molecular weight excluding hydrogens is 745 g/mol. The van der Waals surface area contributed by atoms with Gasteiger partial charge in [-0.25, -0.2) is 0 Å². The van der Waals surface area contributed by atoms with Crippen molar-refractivity contribution in [1.82, 2.24) is 0 Å². The lowest BCUT2D eigenvalue weighted by atomic mass is 10.4. The van der Waals surface area contributed by atoms with Gasteiger partial charge in [0.15, 0.2) is 5.78 Å². The number of hydrogen-bond donors (Lipinski definition) is 5. The fourth-order valence-corrected chi connectivity index (χ4v) is 6.82. The maximum atomic E-state index is 12.3. The standard InChI is InChI=1S/C22H34O12S9/c23-14(10-40-43-13-22(28)32-2-15(5-35)33-20(26)8-38)1-29-16(3-30-18(24)6-36)11-41-42-12-17(34-21(27)9-39)4-31-19(25)7-37/h15-17,35-39H,1-13H2. The van der Waals surface area contributed by atoms with Crippen LogP contribution in [0.4, 0.5) is 0 Å².